The molecule has 0 unspecified atom stereocenters. The molecular weight excluding hydrogens is 446 g/mol. The lowest BCUT2D eigenvalue weighted by Gasteiger charge is -2.14. The highest BCUT2D eigenvalue weighted by Gasteiger charge is 2.29. The number of amides is 1. The van der Waals surface area contributed by atoms with Crippen LogP contribution in [0.4, 0.5) is 5.82 Å². The number of rotatable bonds is 8. The van der Waals surface area contributed by atoms with Crippen molar-refractivity contribution in [3.05, 3.63) is 53.1 Å². The second-order valence-electron chi connectivity index (χ2n) is 7.96. The van der Waals surface area contributed by atoms with Crippen LogP contribution in [0.5, 0.6) is 0 Å². The van der Waals surface area contributed by atoms with Crippen LogP contribution in [0.2, 0.25) is 0 Å². The topological polar surface area (TPSA) is 132 Å². The number of carbonyl (C=O) groups is 1. The van der Waals surface area contributed by atoms with Crippen LogP contribution in [0.3, 0.4) is 0 Å². The predicted molar refractivity (Wildman–Crippen MR) is 121 cm³/mol. The SMILES string of the molecule is COCCS(=O)(=O)N1Cc2ccc(C(=O)Nc3cccc(-c4nnnn4C(C)C)n3)cc2C1. The minimum Gasteiger partial charge on any atom is -0.384 e. The number of tetrazole rings is 1. The standard InChI is InChI=1S/C21H25N7O4S/c1-14(2)28-20(24-25-26-28)18-5-4-6-19(22-18)23-21(29)15-7-8-16-12-27(13-17(16)11-15)33(30,31)10-9-32-3/h4-8,11,14H,9-10,12-13H2,1-3H3,(H,22,23,29). The number of sulfonamides is 1. The molecular formula is C21H25N7O4S. The fourth-order valence-corrected chi connectivity index (χ4v) is 4.85. The van der Waals surface area contributed by atoms with Crippen molar-refractivity contribution in [2.24, 2.45) is 0 Å². The minimum atomic E-state index is -3.43. The van der Waals surface area contributed by atoms with E-state index in [0.717, 1.165) is 11.1 Å². The maximum absolute atomic E-state index is 12.9. The molecule has 1 N–H and O–H groups in total. The molecule has 0 radical (unpaired) electrons. The van der Waals surface area contributed by atoms with Gasteiger partial charge in [0.15, 0.2) is 0 Å². The zero-order valence-corrected chi connectivity index (χ0v) is 19.4. The number of nitrogens with one attached hydrogen (secondary N) is 1. The van der Waals surface area contributed by atoms with Crippen molar-refractivity contribution in [2.75, 3.05) is 24.8 Å². The molecule has 0 atom stereocenters. The van der Waals surface area contributed by atoms with Crippen molar-refractivity contribution >= 4 is 21.7 Å². The number of hydrogen-bond acceptors (Lipinski definition) is 8. The molecule has 4 rings (SSSR count). The highest BCUT2D eigenvalue weighted by atomic mass is 32.2. The van der Waals surface area contributed by atoms with E-state index in [0.29, 0.717) is 22.9 Å². The molecule has 174 valence electrons. The molecule has 1 aliphatic heterocycles. The van der Waals surface area contributed by atoms with Crippen molar-refractivity contribution in [1.82, 2.24) is 29.5 Å². The molecule has 0 aliphatic carbocycles. The van der Waals surface area contributed by atoms with E-state index in [1.807, 2.05) is 13.8 Å². The Labute approximate surface area is 191 Å². The molecule has 0 bridgehead atoms. The van der Waals surface area contributed by atoms with Gasteiger partial charge < -0.3 is 10.1 Å². The van der Waals surface area contributed by atoms with E-state index in [1.165, 1.54) is 11.4 Å². The normalized spacial score (nSPS) is 13.9. The molecule has 33 heavy (non-hydrogen) atoms. The fraction of sp³-hybridized carbons (Fsp3) is 0.381. The summed E-state index contributed by atoms with van der Waals surface area (Å²) in [7, 11) is -1.96. The summed E-state index contributed by atoms with van der Waals surface area (Å²) in [5.74, 6) is 0.451. The van der Waals surface area contributed by atoms with Crippen LogP contribution in [-0.2, 0) is 27.8 Å². The third kappa shape index (κ3) is 4.92. The van der Waals surface area contributed by atoms with Gasteiger partial charge in [-0.1, -0.05) is 12.1 Å². The third-order valence-electron chi connectivity index (χ3n) is 5.30. The molecule has 0 fully saturated rings. The van der Waals surface area contributed by atoms with Gasteiger partial charge in [0.2, 0.25) is 15.8 Å². The highest BCUT2D eigenvalue weighted by Crippen LogP contribution is 2.27. The van der Waals surface area contributed by atoms with Crippen LogP contribution in [0.25, 0.3) is 11.5 Å². The number of methoxy groups -OCH3 is 1. The third-order valence-corrected chi connectivity index (χ3v) is 7.03. The first-order valence-electron chi connectivity index (χ1n) is 10.4. The van der Waals surface area contributed by atoms with Crippen LogP contribution < -0.4 is 5.32 Å². The van der Waals surface area contributed by atoms with Gasteiger partial charge in [0.1, 0.15) is 11.5 Å². The maximum atomic E-state index is 12.9. The number of anilines is 1. The average molecular weight is 472 g/mol. The number of aromatic nitrogens is 5. The molecule has 1 aliphatic rings. The summed E-state index contributed by atoms with van der Waals surface area (Å²) in [5.41, 5.74) is 2.65. The molecule has 2 aromatic heterocycles. The number of ether oxygens (including phenoxy) is 1. The van der Waals surface area contributed by atoms with Crippen molar-refractivity contribution in [3.63, 3.8) is 0 Å². The number of fused-ring (bicyclic) bond motifs is 1. The van der Waals surface area contributed by atoms with Gasteiger partial charge in [-0.25, -0.2) is 18.1 Å². The summed E-state index contributed by atoms with van der Waals surface area (Å²) in [4.78, 5) is 17.3. The van der Waals surface area contributed by atoms with E-state index in [-0.39, 0.29) is 37.4 Å². The molecule has 0 saturated carbocycles. The molecule has 11 nitrogen and oxygen atoms in total. The first kappa shape index (κ1) is 23.0. The number of pyridine rings is 1. The van der Waals surface area contributed by atoms with Gasteiger partial charge >= 0.3 is 0 Å². The molecule has 1 aromatic carbocycles. The molecule has 12 heteroatoms. The highest BCUT2D eigenvalue weighted by molar-refractivity contribution is 7.89. The van der Waals surface area contributed by atoms with Crippen LogP contribution in [0.1, 0.15) is 41.4 Å². The van der Waals surface area contributed by atoms with Crippen LogP contribution in [0.15, 0.2) is 36.4 Å². The Morgan fingerprint density at radius 3 is 2.73 bits per heavy atom. The maximum Gasteiger partial charge on any atom is 0.256 e. The van der Waals surface area contributed by atoms with E-state index in [9.17, 15) is 13.2 Å². The molecule has 3 aromatic rings. The van der Waals surface area contributed by atoms with Crippen molar-refractivity contribution in [1.29, 1.82) is 0 Å². The van der Waals surface area contributed by atoms with E-state index in [1.54, 1.807) is 41.1 Å². The van der Waals surface area contributed by atoms with E-state index >= 15 is 0 Å². The van der Waals surface area contributed by atoms with Crippen LogP contribution in [0, 0.1) is 0 Å². The smallest absolute Gasteiger partial charge is 0.256 e. The number of hydrogen-bond donors (Lipinski definition) is 1. The number of nitrogens with zero attached hydrogens (tertiary/aromatic N) is 6. The minimum absolute atomic E-state index is 0.0549. The zero-order valence-electron chi connectivity index (χ0n) is 18.6. The van der Waals surface area contributed by atoms with Crippen LogP contribution >= 0.6 is 0 Å². The number of carbonyl (C=O) groups excluding carboxylic acids is 1. The Hall–Kier alpha value is -3.22. The van der Waals surface area contributed by atoms with Gasteiger partial charge in [-0.05, 0) is 59.7 Å². The van der Waals surface area contributed by atoms with Gasteiger partial charge in [-0.2, -0.15) is 4.31 Å². The summed E-state index contributed by atoms with van der Waals surface area (Å²) in [6.45, 7) is 4.58. The summed E-state index contributed by atoms with van der Waals surface area (Å²) in [6, 6.07) is 10.5. The largest absolute Gasteiger partial charge is 0.384 e. The first-order chi connectivity index (χ1) is 15.8. The van der Waals surface area contributed by atoms with Crippen molar-refractivity contribution in [2.45, 2.75) is 33.0 Å². The van der Waals surface area contributed by atoms with Gasteiger partial charge in [-0.15, -0.1) is 5.10 Å². The average Bonchev–Trinajstić information content (AvgIpc) is 3.45. The van der Waals surface area contributed by atoms with E-state index in [4.69, 9.17) is 4.74 Å². The van der Waals surface area contributed by atoms with E-state index < -0.39 is 10.0 Å². The van der Waals surface area contributed by atoms with Gasteiger partial charge in [0, 0.05) is 25.8 Å². The number of benzene rings is 1. The zero-order chi connectivity index (χ0) is 23.6. The summed E-state index contributed by atoms with van der Waals surface area (Å²) in [6.07, 6.45) is 0. The van der Waals surface area contributed by atoms with Crippen molar-refractivity contribution in [3.8, 4) is 11.5 Å². The quantitative estimate of drug-likeness (QED) is 0.526. The lowest BCUT2D eigenvalue weighted by atomic mass is 10.1. The summed E-state index contributed by atoms with van der Waals surface area (Å²) < 4.78 is 32.9. The van der Waals surface area contributed by atoms with Crippen molar-refractivity contribution < 1.29 is 17.9 Å². The van der Waals surface area contributed by atoms with Gasteiger partial charge in [0.25, 0.3) is 5.91 Å². The van der Waals surface area contributed by atoms with E-state index in [2.05, 4.69) is 25.8 Å². The molecule has 3 heterocycles. The monoisotopic (exact) mass is 471 g/mol. The van der Waals surface area contributed by atoms with Gasteiger partial charge in [0.05, 0.1) is 18.4 Å². The Morgan fingerprint density at radius 1 is 1.18 bits per heavy atom. The van der Waals surface area contributed by atoms with Crippen LogP contribution in [-0.4, -0.2) is 63.3 Å². The Bertz CT molecular complexity index is 1270. The summed E-state index contributed by atoms with van der Waals surface area (Å²) in [5, 5.41) is 14.5. The second kappa shape index (κ2) is 9.33. The predicted octanol–water partition coefficient (Wildman–Crippen LogP) is 1.86. The molecule has 0 spiro atoms. The Kier molecular flexibility index (Phi) is 6.49. The Balaban J connectivity index is 1.49. The molecule has 1 amide bonds. The molecule has 0 saturated heterocycles. The van der Waals surface area contributed by atoms with Gasteiger partial charge in [-0.3, -0.25) is 4.79 Å². The second-order valence-corrected chi connectivity index (χ2v) is 10.1. The fourth-order valence-electron chi connectivity index (χ4n) is 3.55. The lowest BCUT2D eigenvalue weighted by molar-refractivity contribution is 0.102. The Morgan fingerprint density at radius 2 is 1.97 bits per heavy atom. The summed E-state index contributed by atoms with van der Waals surface area (Å²) >= 11 is 0. The lowest BCUT2D eigenvalue weighted by Crippen LogP contribution is -2.29. The first-order valence-corrected chi connectivity index (χ1v) is 12.0.